The van der Waals surface area contributed by atoms with Gasteiger partial charge < -0.3 is 9.67 Å². The maximum atomic E-state index is 11.6. The number of aliphatic hydroxyl groups is 1. The Morgan fingerprint density at radius 2 is 1.82 bits per heavy atom. The fraction of sp³-hybridized carbons (Fsp3) is 0.391. The maximum absolute atomic E-state index is 11.6. The number of imidazole rings is 1. The van der Waals surface area contributed by atoms with Crippen LogP contribution in [0.25, 0.3) is 0 Å². The summed E-state index contributed by atoms with van der Waals surface area (Å²) in [7, 11) is 0. The van der Waals surface area contributed by atoms with Crippen LogP contribution in [-0.2, 0) is 12.0 Å². The fourth-order valence-corrected chi connectivity index (χ4v) is 5.25. The zero-order valence-electron chi connectivity index (χ0n) is 16.2. The quantitative estimate of drug-likeness (QED) is 0.765. The maximum Gasteiger partial charge on any atom is 0.106 e. The third-order valence-corrected chi connectivity index (χ3v) is 6.75. The SMILES string of the molecule is Cc1nccn1[C@H]1c2ccccc2C2(CCN(Cc3ccncc3)CC2)[C@@H]1O. The monoisotopic (exact) mass is 374 g/mol. The van der Waals surface area contributed by atoms with Gasteiger partial charge in [-0.2, -0.15) is 0 Å². The highest BCUT2D eigenvalue weighted by Crippen LogP contribution is 2.52. The molecule has 3 aromatic rings. The highest BCUT2D eigenvalue weighted by atomic mass is 16.3. The van der Waals surface area contributed by atoms with Crippen LogP contribution >= 0.6 is 0 Å². The van der Waals surface area contributed by atoms with Crippen molar-refractivity contribution in [2.24, 2.45) is 0 Å². The smallest absolute Gasteiger partial charge is 0.106 e. The Labute approximate surface area is 165 Å². The molecular formula is C23H26N4O. The summed E-state index contributed by atoms with van der Waals surface area (Å²) >= 11 is 0. The van der Waals surface area contributed by atoms with Gasteiger partial charge in [0.2, 0.25) is 0 Å². The molecule has 1 spiro atoms. The van der Waals surface area contributed by atoms with E-state index in [0.717, 1.165) is 38.3 Å². The lowest BCUT2D eigenvalue weighted by atomic mass is 9.72. The summed E-state index contributed by atoms with van der Waals surface area (Å²) in [6.45, 7) is 4.94. The zero-order chi connectivity index (χ0) is 19.1. The minimum atomic E-state index is -0.430. The Bertz CT molecular complexity index is 959. The van der Waals surface area contributed by atoms with E-state index in [1.807, 2.05) is 31.7 Å². The third-order valence-electron chi connectivity index (χ3n) is 6.75. The molecule has 2 aliphatic rings. The first kappa shape index (κ1) is 17.6. The van der Waals surface area contributed by atoms with Crippen molar-refractivity contribution in [3.8, 4) is 0 Å². The lowest BCUT2D eigenvalue weighted by Crippen LogP contribution is -2.48. The number of aliphatic hydroxyl groups excluding tert-OH is 1. The van der Waals surface area contributed by atoms with Gasteiger partial charge in [0.25, 0.3) is 0 Å². The molecule has 144 valence electrons. The fourth-order valence-electron chi connectivity index (χ4n) is 5.25. The number of hydrogen-bond donors (Lipinski definition) is 1. The predicted octanol–water partition coefficient (Wildman–Crippen LogP) is 3.08. The Kier molecular flexibility index (Phi) is 4.29. The molecule has 1 aliphatic heterocycles. The molecule has 5 rings (SSSR count). The second-order valence-electron chi connectivity index (χ2n) is 8.15. The molecule has 1 aromatic carbocycles. The van der Waals surface area contributed by atoms with Crippen LogP contribution < -0.4 is 0 Å². The van der Waals surface area contributed by atoms with Crippen LogP contribution in [0.5, 0.6) is 0 Å². The number of benzene rings is 1. The van der Waals surface area contributed by atoms with E-state index in [1.54, 1.807) is 0 Å². The molecule has 5 nitrogen and oxygen atoms in total. The van der Waals surface area contributed by atoms with Crippen LogP contribution in [0.2, 0.25) is 0 Å². The number of aromatic nitrogens is 3. The van der Waals surface area contributed by atoms with E-state index in [4.69, 9.17) is 0 Å². The normalized spacial score (nSPS) is 23.8. The minimum absolute atomic E-state index is 0.0505. The molecule has 2 aromatic heterocycles. The summed E-state index contributed by atoms with van der Waals surface area (Å²) in [5.74, 6) is 0.950. The highest BCUT2D eigenvalue weighted by Gasteiger charge is 2.53. The van der Waals surface area contributed by atoms with Crippen molar-refractivity contribution in [1.29, 1.82) is 0 Å². The molecule has 28 heavy (non-hydrogen) atoms. The van der Waals surface area contributed by atoms with Crippen molar-refractivity contribution in [3.05, 3.63) is 83.7 Å². The van der Waals surface area contributed by atoms with Crippen LogP contribution in [0.1, 0.15) is 41.4 Å². The van der Waals surface area contributed by atoms with Gasteiger partial charge in [0, 0.05) is 36.7 Å². The van der Waals surface area contributed by atoms with Crippen molar-refractivity contribution in [3.63, 3.8) is 0 Å². The summed E-state index contributed by atoms with van der Waals surface area (Å²) in [5.41, 5.74) is 3.69. The van der Waals surface area contributed by atoms with Gasteiger partial charge >= 0.3 is 0 Å². The van der Waals surface area contributed by atoms with E-state index < -0.39 is 6.10 Å². The number of pyridine rings is 1. The van der Waals surface area contributed by atoms with Crippen LogP contribution in [0.15, 0.2) is 61.2 Å². The molecule has 3 heterocycles. The molecule has 0 bridgehead atoms. The van der Waals surface area contributed by atoms with E-state index in [9.17, 15) is 5.11 Å². The summed E-state index contributed by atoms with van der Waals surface area (Å²) < 4.78 is 2.14. The number of rotatable bonds is 3. The molecule has 0 radical (unpaired) electrons. The summed E-state index contributed by atoms with van der Waals surface area (Å²) in [5, 5.41) is 11.6. The Morgan fingerprint density at radius 1 is 1.07 bits per heavy atom. The Balaban J connectivity index is 1.43. The lowest BCUT2D eigenvalue weighted by molar-refractivity contribution is 0.0202. The molecule has 0 saturated carbocycles. The van der Waals surface area contributed by atoms with Crippen molar-refractivity contribution >= 4 is 0 Å². The van der Waals surface area contributed by atoms with E-state index in [0.29, 0.717) is 0 Å². The summed E-state index contributed by atoms with van der Waals surface area (Å²) in [6.07, 6.45) is 9.05. The van der Waals surface area contributed by atoms with Crippen molar-refractivity contribution < 1.29 is 5.11 Å². The van der Waals surface area contributed by atoms with Gasteiger partial charge in [0.15, 0.2) is 0 Å². The molecular weight excluding hydrogens is 348 g/mol. The van der Waals surface area contributed by atoms with Gasteiger partial charge in [-0.3, -0.25) is 9.88 Å². The number of likely N-dealkylation sites (tertiary alicyclic amines) is 1. The molecule has 0 unspecified atom stereocenters. The summed E-state index contributed by atoms with van der Waals surface area (Å²) in [4.78, 5) is 11.0. The lowest BCUT2D eigenvalue weighted by Gasteiger charge is -2.43. The molecule has 1 N–H and O–H groups in total. The van der Waals surface area contributed by atoms with Gasteiger partial charge in [-0.25, -0.2) is 4.98 Å². The van der Waals surface area contributed by atoms with Crippen LogP contribution in [0, 0.1) is 6.92 Å². The Hall–Kier alpha value is -2.50. The second-order valence-corrected chi connectivity index (χ2v) is 8.15. The molecule has 5 heteroatoms. The van der Waals surface area contributed by atoms with Crippen molar-refractivity contribution in [1.82, 2.24) is 19.4 Å². The van der Waals surface area contributed by atoms with Crippen molar-refractivity contribution in [2.75, 3.05) is 13.1 Å². The molecule has 1 saturated heterocycles. The van der Waals surface area contributed by atoms with Gasteiger partial charge in [-0.05, 0) is 61.7 Å². The molecule has 0 amide bonds. The third kappa shape index (κ3) is 2.69. The zero-order valence-corrected chi connectivity index (χ0v) is 16.2. The van der Waals surface area contributed by atoms with E-state index in [2.05, 4.69) is 55.8 Å². The largest absolute Gasteiger partial charge is 0.390 e. The van der Waals surface area contributed by atoms with Crippen LogP contribution in [0.3, 0.4) is 0 Å². The topological polar surface area (TPSA) is 54.2 Å². The average molecular weight is 374 g/mol. The number of piperidine rings is 1. The first-order chi connectivity index (χ1) is 13.7. The Morgan fingerprint density at radius 3 is 2.54 bits per heavy atom. The van der Waals surface area contributed by atoms with Gasteiger partial charge in [0.1, 0.15) is 5.82 Å². The average Bonchev–Trinajstić information content (AvgIpc) is 3.24. The molecule has 1 fully saturated rings. The van der Waals surface area contributed by atoms with Crippen LogP contribution in [-0.4, -0.2) is 43.7 Å². The first-order valence-electron chi connectivity index (χ1n) is 10.1. The van der Waals surface area contributed by atoms with E-state index in [1.165, 1.54) is 16.7 Å². The van der Waals surface area contributed by atoms with E-state index >= 15 is 0 Å². The second kappa shape index (κ2) is 6.83. The number of nitrogens with zero attached hydrogens (tertiary/aromatic N) is 4. The number of aryl methyl sites for hydroxylation is 1. The number of fused-ring (bicyclic) bond motifs is 2. The number of hydrogen-bond acceptors (Lipinski definition) is 4. The first-order valence-corrected chi connectivity index (χ1v) is 10.1. The van der Waals surface area contributed by atoms with Gasteiger partial charge in [-0.15, -0.1) is 0 Å². The highest BCUT2D eigenvalue weighted by molar-refractivity contribution is 5.46. The minimum Gasteiger partial charge on any atom is -0.390 e. The summed E-state index contributed by atoms with van der Waals surface area (Å²) in [6, 6.07) is 12.7. The predicted molar refractivity (Wildman–Crippen MR) is 108 cm³/mol. The van der Waals surface area contributed by atoms with Crippen molar-refractivity contribution in [2.45, 2.75) is 43.9 Å². The van der Waals surface area contributed by atoms with Gasteiger partial charge in [-0.1, -0.05) is 24.3 Å². The van der Waals surface area contributed by atoms with E-state index in [-0.39, 0.29) is 11.5 Å². The molecule has 1 aliphatic carbocycles. The molecule has 2 atom stereocenters. The van der Waals surface area contributed by atoms with Gasteiger partial charge in [0.05, 0.1) is 12.1 Å². The standard InChI is InChI=1S/C23H26N4O/c1-17-25-12-15-27(17)21-19-4-2-3-5-20(19)23(22(21)28)8-13-26(14-9-23)16-18-6-10-24-11-7-18/h2-7,10-12,15,21-22,28H,8-9,13-14,16H2,1H3/t21-,22+/m0/s1. The van der Waals surface area contributed by atoms with Crippen LogP contribution in [0.4, 0.5) is 0 Å².